The van der Waals surface area contributed by atoms with E-state index in [9.17, 15) is 23.1 Å². The third kappa shape index (κ3) is 3.58. The minimum atomic E-state index is -4.47. The summed E-state index contributed by atoms with van der Waals surface area (Å²) in [5.74, 6) is -0.372. The lowest BCUT2D eigenvalue weighted by Gasteiger charge is -2.18. The Labute approximate surface area is 141 Å². The molecule has 0 saturated carbocycles. The molecule has 0 atom stereocenters. The summed E-state index contributed by atoms with van der Waals surface area (Å²) in [6.07, 6.45) is 0.494. The number of allylic oxidation sites excluding steroid dienone is 4. The smallest absolute Gasteiger partial charge is 0.390 e. The summed E-state index contributed by atoms with van der Waals surface area (Å²) in [6, 6.07) is 3.22. The van der Waals surface area contributed by atoms with Crippen LogP contribution in [-0.2, 0) is 11.0 Å². The predicted octanol–water partition coefficient (Wildman–Crippen LogP) is 3.57. The van der Waals surface area contributed by atoms with Gasteiger partial charge in [-0.2, -0.15) is 13.2 Å². The van der Waals surface area contributed by atoms with Gasteiger partial charge in [0.05, 0.1) is 28.6 Å². The molecule has 1 aromatic carbocycles. The fourth-order valence-corrected chi connectivity index (χ4v) is 2.49. The van der Waals surface area contributed by atoms with Gasteiger partial charge in [0.1, 0.15) is 0 Å². The van der Waals surface area contributed by atoms with Gasteiger partial charge in [-0.25, -0.2) is 4.98 Å². The van der Waals surface area contributed by atoms with E-state index in [2.05, 4.69) is 10.3 Å². The third-order valence-corrected chi connectivity index (χ3v) is 3.62. The molecular weight excluding hydrogens is 335 g/mol. The number of halogens is 3. The highest BCUT2D eigenvalue weighted by Gasteiger charge is 2.31. The summed E-state index contributed by atoms with van der Waals surface area (Å²) >= 11 is 0. The van der Waals surface area contributed by atoms with Crippen LogP contribution in [0.1, 0.15) is 25.8 Å². The summed E-state index contributed by atoms with van der Waals surface area (Å²) in [5.41, 5.74) is -0.823. The molecule has 0 unspecified atom stereocenters. The van der Waals surface area contributed by atoms with Crippen molar-refractivity contribution in [2.75, 3.05) is 5.32 Å². The van der Waals surface area contributed by atoms with Gasteiger partial charge >= 0.3 is 6.18 Å². The van der Waals surface area contributed by atoms with Crippen molar-refractivity contribution >= 4 is 28.6 Å². The number of aliphatic hydroxyl groups is 1. The predicted molar refractivity (Wildman–Crippen MR) is 87.7 cm³/mol. The van der Waals surface area contributed by atoms with Crippen molar-refractivity contribution in [1.82, 2.24) is 9.55 Å². The fourth-order valence-electron chi connectivity index (χ4n) is 2.49. The van der Waals surface area contributed by atoms with Crippen molar-refractivity contribution in [1.29, 1.82) is 0 Å². The SMILES string of the molecule is CC(C)(O)CC(=O)Nc1nc2ccc(C(F)(F)F)cc2n1C1=CC=C1. The standard InChI is InChI=1S/C17H16F3N3O2/c1-16(2,25)9-14(24)22-15-21-12-7-6-10(17(18,19)20)8-13(12)23(15)11-4-3-5-11/h3-8,25H,9H2,1-2H3,(H,21,22,24). The van der Waals surface area contributed by atoms with Crippen LogP contribution in [0.25, 0.3) is 16.7 Å². The van der Waals surface area contributed by atoms with Crippen molar-refractivity contribution < 1.29 is 23.1 Å². The Morgan fingerprint density at radius 3 is 2.52 bits per heavy atom. The molecule has 25 heavy (non-hydrogen) atoms. The number of rotatable bonds is 4. The highest BCUT2D eigenvalue weighted by molar-refractivity contribution is 5.95. The normalized spacial score (nSPS) is 14.4. The monoisotopic (exact) mass is 351 g/mol. The Balaban J connectivity index is 2.05. The first-order chi connectivity index (χ1) is 11.5. The number of anilines is 1. The Hall–Kier alpha value is -2.61. The van der Waals surface area contributed by atoms with Crippen LogP contribution in [0.5, 0.6) is 0 Å². The number of hydrogen-bond donors (Lipinski definition) is 2. The van der Waals surface area contributed by atoms with Crippen LogP contribution >= 0.6 is 0 Å². The first kappa shape index (κ1) is 17.2. The van der Waals surface area contributed by atoms with Crippen molar-refractivity contribution in [3.8, 4) is 0 Å². The van der Waals surface area contributed by atoms with Crippen LogP contribution in [0.15, 0.2) is 36.4 Å². The summed E-state index contributed by atoms with van der Waals surface area (Å²) < 4.78 is 40.4. The molecule has 1 amide bonds. The van der Waals surface area contributed by atoms with E-state index >= 15 is 0 Å². The quantitative estimate of drug-likeness (QED) is 0.885. The minimum absolute atomic E-state index is 0.110. The molecule has 0 fully saturated rings. The lowest BCUT2D eigenvalue weighted by atomic mass is 10.1. The van der Waals surface area contributed by atoms with E-state index < -0.39 is 23.2 Å². The molecule has 5 nitrogen and oxygen atoms in total. The number of benzene rings is 1. The lowest BCUT2D eigenvalue weighted by molar-refractivity contribution is -0.137. The third-order valence-electron chi connectivity index (χ3n) is 3.62. The molecule has 0 bridgehead atoms. The zero-order chi connectivity index (χ0) is 18.4. The van der Waals surface area contributed by atoms with Gasteiger partial charge in [-0.15, -0.1) is 0 Å². The molecule has 0 saturated heterocycles. The topological polar surface area (TPSA) is 67.2 Å². The number of fused-ring (bicyclic) bond motifs is 1. The lowest BCUT2D eigenvalue weighted by Crippen LogP contribution is -2.28. The maximum atomic E-state index is 13.0. The van der Waals surface area contributed by atoms with E-state index in [1.54, 1.807) is 18.2 Å². The minimum Gasteiger partial charge on any atom is -0.390 e. The fraction of sp³-hybridized carbons (Fsp3) is 0.294. The molecular formula is C17H16F3N3O2. The second-order valence-electron chi connectivity index (χ2n) is 6.46. The van der Waals surface area contributed by atoms with E-state index in [-0.39, 0.29) is 17.9 Å². The first-order valence-electron chi connectivity index (χ1n) is 7.55. The molecule has 0 spiro atoms. The second kappa shape index (κ2) is 5.73. The van der Waals surface area contributed by atoms with Crippen LogP contribution in [0.3, 0.4) is 0 Å². The summed E-state index contributed by atoms with van der Waals surface area (Å²) in [5, 5.41) is 12.3. The highest BCUT2D eigenvalue weighted by atomic mass is 19.4. The van der Waals surface area contributed by atoms with Crippen LogP contribution in [-0.4, -0.2) is 26.2 Å². The van der Waals surface area contributed by atoms with Gasteiger partial charge in [0, 0.05) is 5.70 Å². The first-order valence-corrected chi connectivity index (χ1v) is 7.55. The summed E-state index contributed by atoms with van der Waals surface area (Å²) in [4.78, 5) is 16.3. The second-order valence-corrected chi connectivity index (χ2v) is 6.46. The largest absolute Gasteiger partial charge is 0.416 e. The van der Waals surface area contributed by atoms with E-state index in [0.717, 1.165) is 12.1 Å². The molecule has 1 aromatic heterocycles. The van der Waals surface area contributed by atoms with E-state index in [1.165, 1.54) is 24.5 Å². The number of aromatic nitrogens is 2. The zero-order valence-electron chi connectivity index (χ0n) is 13.6. The molecule has 0 radical (unpaired) electrons. The molecule has 0 aliphatic heterocycles. The number of amides is 1. The molecule has 1 aliphatic carbocycles. The van der Waals surface area contributed by atoms with E-state index in [4.69, 9.17) is 0 Å². The van der Waals surface area contributed by atoms with Crippen molar-refractivity contribution in [2.24, 2.45) is 0 Å². The van der Waals surface area contributed by atoms with Crippen LogP contribution in [0, 0.1) is 0 Å². The Morgan fingerprint density at radius 1 is 1.32 bits per heavy atom. The number of imidazole rings is 1. The molecule has 3 rings (SSSR count). The van der Waals surface area contributed by atoms with Gasteiger partial charge in [0.2, 0.25) is 11.9 Å². The van der Waals surface area contributed by atoms with Gasteiger partial charge < -0.3 is 5.11 Å². The van der Waals surface area contributed by atoms with E-state index in [1.807, 2.05) is 0 Å². The number of carbonyl (C=O) groups excluding carboxylic acids is 1. The maximum Gasteiger partial charge on any atom is 0.416 e. The van der Waals surface area contributed by atoms with Gasteiger partial charge in [-0.3, -0.25) is 14.7 Å². The Kier molecular flexibility index (Phi) is 3.95. The zero-order valence-corrected chi connectivity index (χ0v) is 13.6. The Bertz CT molecular complexity index is 902. The maximum absolute atomic E-state index is 13.0. The number of nitrogens with zero attached hydrogens (tertiary/aromatic N) is 2. The average molecular weight is 351 g/mol. The van der Waals surface area contributed by atoms with Crippen LogP contribution in [0.2, 0.25) is 0 Å². The molecule has 2 N–H and O–H groups in total. The number of carbonyl (C=O) groups is 1. The number of nitrogens with one attached hydrogen (secondary N) is 1. The number of hydrogen-bond acceptors (Lipinski definition) is 3. The van der Waals surface area contributed by atoms with Gasteiger partial charge in [0.15, 0.2) is 0 Å². The number of alkyl halides is 3. The highest BCUT2D eigenvalue weighted by Crippen LogP contribution is 2.34. The van der Waals surface area contributed by atoms with Crippen LogP contribution < -0.4 is 5.32 Å². The molecule has 132 valence electrons. The van der Waals surface area contributed by atoms with Crippen molar-refractivity contribution in [3.05, 3.63) is 42.0 Å². The van der Waals surface area contributed by atoms with Crippen LogP contribution in [0.4, 0.5) is 19.1 Å². The van der Waals surface area contributed by atoms with Gasteiger partial charge in [-0.1, -0.05) is 6.08 Å². The van der Waals surface area contributed by atoms with Gasteiger partial charge in [-0.05, 0) is 44.2 Å². The molecule has 1 heterocycles. The molecule has 8 heteroatoms. The molecule has 2 aromatic rings. The summed E-state index contributed by atoms with van der Waals surface area (Å²) in [7, 11) is 0. The average Bonchev–Trinajstić information content (AvgIpc) is 2.71. The van der Waals surface area contributed by atoms with Crippen molar-refractivity contribution in [3.63, 3.8) is 0 Å². The van der Waals surface area contributed by atoms with Gasteiger partial charge in [0.25, 0.3) is 0 Å². The molecule has 1 aliphatic rings. The Morgan fingerprint density at radius 2 is 2.00 bits per heavy atom. The van der Waals surface area contributed by atoms with Crippen molar-refractivity contribution in [2.45, 2.75) is 32.0 Å². The van der Waals surface area contributed by atoms with E-state index in [0.29, 0.717) is 11.2 Å². The summed E-state index contributed by atoms with van der Waals surface area (Å²) in [6.45, 7) is 2.98.